The molecule has 0 bridgehead atoms. The summed E-state index contributed by atoms with van der Waals surface area (Å²) in [5.74, 6) is 0.174. The number of hydrogen-bond donors (Lipinski definition) is 0. The molecule has 4 nitrogen and oxygen atoms in total. The fraction of sp³-hybridized carbons (Fsp3) is 0.949. The van der Waals surface area contributed by atoms with Crippen molar-refractivity contribution in [3.05, 3.63) is 0 Å². The summed E-state index contributed by atoms with van der Waals surface area (Å²) in [5.41, 5.74) is 0.125. The van der Waals surface area contributed by atoms with E-state index in [0.29, 0.717) is 32.3 Å². The summed E-state index contributed by atoms with van der Waals surface area (Å²) in [6.45, 7) is 5.18. The van der Waals surface area contributed by atoms with Gasteiger partial charge in [0, 0.05) is 14.9 Å². The summed E-state index contributed by atoms with van der Waals surface area (Å²) in [7, 11) is 6.63. The second-order valence-corrected chi connectivity index (χ2v) is 15.6. The fourth-order valence-corrected chi connectivity index (χ4v) is 6.66. The van der Waals surface area contributed by atoms with Crippen molar-refractivity contribution >= 4 is 19.7 Å². The molecule has 0 rings (SSSR count). The van der Waals surface area contributed by atoms with E-state index in [9.17, 15) is 9.90 Å². The molecule has 44 heavy (non-hydrogen) atoms. The number of carbonyl (C=O) groups is 1. The fourth-order valence-electron chi connectivity index (χ4n) is 5.98. The van der Waals surface area contributed by atoms with Gasteiger partial charge in [-0.2, -0.15) is 0 Å². The molecule has 0 amide bonds. The molecular formula is C39H78NO3P. The van der Waals surface area contributed by atoms with E-state index in [1.54, 1.807) is 0 Å². The first-order valence-corrected chi connectivity index (χ1v) is 20.3. The Hall–Kier alpha value is -0.280. The Labute approximate surface area is 278 Å². The molecule has 0 aromatic carbocycles. The number of carbonyl (C=O) groups excluding carboxylic acids is 1. The number of nitrogens with zero attached hydrogens (tertiary/aromatic N) is 1. The van der Waals surface area contributed by atoms with Crippen LogP contribution in [0.2, 0.25) is 0 Å². The van der Waals surface area contributed by atoms with E-state index in [1.165, 1.54) is 154 Å². The quantitative estimate of drug-likeness (QED) is 0.0394. The first kappa shape index (κ1) is 43.7. The molecule has 0 saturated carbocycles. The van der Waals surface area contributed by atoms with Crippen LogP contribution in [0.5, 0.6) is 0 Å². The van der Waals surface area contributed by atoms with Gasteiger partial charge < -0.3 is 14.1 Å². The molecule has 0 aromatic heterocycles. The van der Waals surface area contributed by atoms with E-state index in [4.69, 9.17) is 4.52 Å². The third-order valence-corrected chi connectivity index (χ3v) is 9.66. The van der Waals surface area contributed by atoms with E-state index in [2.05, 4.69) is 35.0 Å². The lowest BCUT2D eigenvalue weighted by Gasteiger charge is -2.28. The van der Waals surface area contributed by atoms with Crippen LogP contribution in [0, 0.1) is 0 Å². The Kier molecular flexibility index (Phi) is 32.4. The monoisotopic (exact) mass is 640 g/mol. The molecule has 0 spiro atoms. The Balaban J connectivity index is 3.93. The number of unbranched alkanes of at least 4 members (excludes halogenated alkanes) is 26. The Bertz CT molecular complexity index is 646. The SMILES string of the molecule is CCCCCCCCCCCCCCCCCC([O-])=POC(C[N+](C)(C)C)C(=O)CCCCCCCCCCCCCCC. The maximum absolute atomic E-state index is 13.0. The number of rotatable bonds is 35. The lowest BCUT2D eigenvalue weighted by Crippen LogP contribution is -2.44. The highest BCUT2D eigenvalue weighted by Crippen LogP contribution is 2.18. The smallest absolute Gasteiger partial charge is 0.175 e. The maximum Gasteiger partial charge on any atom is 0.175 e. The van der Waals surface area contributed by atoms with Gasteiger partial charge in [-0.1, -0.05) is 187 Å². The Morgan fingerprint density at radius 3 is 1.14 bits per heavy atom. The maximum atomic E-state index is 13.0. The second kappa shape index (κ2) is 32.7. The van der Waals surface area contributed by atoms with E-state index in [-0.39, 0.29) is 11.3 Å². The highest BCUT2D eigenvalue weighted by atomic mass is 31.1. The molecule has 1 atom stereocenters. The average molecular weight is 640 g/mol. The van der Waals surface area contributed by atoms with Gasteiger partial charge in [-0.05, 0) is 12.8 Å². The van der Waals surface area contributed by atoms with Crippen molar-refractivity contribution in [1.29, 1.82) is 0 Å². The zero-order valence-electron chi connectivity index (χ0n) is 30.6. The molecule has 0 fully saturated rings. The zero-order chi connectivity index (χ0) is 32.6. The number of likely N-dealkylation sites (N-methyl/N-ethyl adjacent to an activating group) is 1. The highest BCUT2D eigenvalue weighted by Gasteiger charge is 2.25. The summed E-state index contributed by atoms with van der Waals surface area (Å²) in [5, 5.41) is 12.5. The summed E-state index contributed by atoms with van der Waals surface area (Å²) in [6, 6.07) is 0. The van der Waals surface area contributed by atoms with Crippen molar-refractivity contribution in [3.8, 4) is 0 Å². The minimum absolute atomic E-state index is 0.125. The highest BCUT2D eigenvalue weighted by molar-refractivity contribution is 7.34. The van der Waals surface area contributed by atoms with Gasteiger partial charge >= 0.3 is 0 Å². The third kappa shape index (κ3) is 33.1. The number of Topliss-reactive ketones (excluding diaryl/α,β-unsaturated/α-hetero) is 1. The van der Waals surface area contributed by atoms with Crippen molar-refractivity contribution in [1.82, 2.24) is 0 Å². The predicted molar refractivity (Wildman–Crippen MR) is 195 cm³/mol. The largest absolute Gasteiger partial charge is 0.826 e. The number of ketones is 1. The van der Waals surface area contributed by atoms with Gasteiger partial charge in [0.2, 0.25) is 0 Å². The van der Waals surface area contributed by atoms with Gasteiger partial charge in [0.15, 0.2) is 11.9 Å². The Morgan fingerprint density at radius 2 is 0.818 bits per heavy atom. The van der Waals surface area contributed by atoms with E-state index < -0.39 is 6.10 Å². The molecule has 1 unspecified atom stereocenters. The molecule has 0 aliphatic carbocycles. The predicted octanol–water partition coefficient (Wildman–Crippen LogP) is 11.7. The summed E-state index contributed by atoms with van der Waals surface area (Å²) in [4.78, 5) is 13.0. The van der Waals surface area contributed by atoms with Crippen LogP contribution >= 0.6 is 8.43 Å². The van der Waals surface area contributed by atoms with Gasteiger partial charge in [-0.15, -0.1) is 5.48 Å². The number of hydrogen-bond acceptors (Lipinski definition) is 3. The molecule has 0 aliphatic rings. The molecule has 0 saturated heterocycles. The summed E-state index contributed by atoms with van der Waals surface area (Å²) in [6.07, 6.45) is 37.6. The molecule has 0 aliphatic heterocycles. The third-order valence-electron chi connectivity index (χ3n) is 8.88. The molecule has 5 heteroatoms. The van der Waals surface area contributed by atoms with Crippen LogP contribution in [0.1, 0.15) is 206 Å². The van der Waals surface area contributed by atoms with Crippen LogP contribution in [0.4, 0.5) is 0 Å². The number of quaternary nitrogens is 1. The van der Waals surface area contributed by atoms with Gasteiger partial charge in [0.05, 0.1) is 21.1 Å². The minimum atomic E-state index is -0.473. The topological polar surface area (TPSA) is 49.4 Å². The van der Waals surface area contributed by atoms with Gasteiger partial charge in [-0.25, -0.2) is 0 Å². The first-order valence-electron chi connectivity index (χ1n) is 19.5. The molecule has 262 valence electrons. The zero-order valence-corrected chi connectivity index (χ0v) is 31.5. The van der Waals surface area contributed by atoms with Crippen molar-refractivity contribution in [2.75, 3.05) is 27.7 Å². The molecular weight excluding hydrogens is 561 g/mol. The average Bonchev–Trinajstić information content (AvgIpc) is 2.98. The van der Waals surface area contributed by atoms with E-state index >= 15 is 0 Å². The van der Waals surface area contributed by atoms with E-state index in [1.807, 2.05) is 0 Å². The molecule has 0 radical (unpaired) electrons. The second-order valence-electron chi connectivity index (χ2n) is 14.7. The lowest BCUT2D eigenvalue weighted by molar-refractivity contribution is -0.872. The van der Waals surface area contributed by atoms with Crippen LogP contribution in [0.25, 0.3) is 0 Å². The minimum Gasteiger partial charge on any atom is -0.826 e. The molecule has 0 aromatic rings. The Morgan fingerprint density at radius 1 is 0.523 bits per heavy atom. The summed E-state index contributed by atoms with van der Waals surface area (Å²) >= 11 is 0. The van der Waals surface area contributed by atoms with Crippen molar-refractivity contribution in [2.45, 2.75) is 213 Å². The lowest BCUT2D eigenvalue weighted by atomic mass is 10.0. The van der Waals surface area contributed by atoms with Crippen molar-refractivity contribution in [3.63, 3.8) is 0 Å². The van der Waals surface area contributed by atoms with Crippen molar-refractivity contribution < 1.29 is 18.9 Å². The van der Waals surface area contributed by atoms with Gasteiger partial charge in [0.25, 0.3) is 0 Å². The van der Waals surface area contributed by atoms with E-state index in [0.717, 1.165) is 25.7 Å². The first-order chi connectivity index (χ1) is 21.3. The van der Waals surface area contributed by atoms with Crippen LogP contribution in [0.3, 0.4) is 0 Å². The van der Waals surface area contributed by atoms with Crippen LogP contribution in [-0.2, 0) is 9.32 Å². The van der Waals surface area contributed by atoms with Gasteiger partial charge in [0.1, 0.15) is 6.54 Å². The summed E-state index contributed by atoms with van der Waals surface area (Å²) < 4.78 is 6.60. The van der Waals surface area contributed by atoms with Crippen LogP contribution in [-0.4, -0.2) is 49.5 Å². The molecule has 0 N–H and O–H groups in total. The molecule has 0 heterocycles. The van der Waals surface area contributed by atoms with Crippen molar-refractivity contribution in [2.24, 2.45) is 0 Å². The van der Waals surface area contributed by atoms with Crippen LogP contribution in [0.15, 0.2) is 0 Å². The van der Waals surface area contributed by atoms with Gasteiger partial charge in [-0.3, -0.25) is 4.79 Å². The standard InChI is InChI=1S/C39H78NO3P/c1-6-8-10-12-14-16-18-20-21-23-25-27-29-31-33-35-39(42)44-43-38(36-40(3,4)5)37(41)34-32-30-28-26-24-22-19-17-15-13-11-9-7-2/h38H,6-36H2,1-5H3. The normalized spacial score (nSPS) is 13.1. The van der Waals surface area contributed by atoms with Crippen LogP contribution < -0.4 is 5.11 Å².